The summed E-state index contributed by atoms with van der Waals surface area (Å²) in [5.74, 6) is 0.470. The van der Waals surface area contributed by atoms with Gasteiger partial charge in [0.1, 0.15) is 5.75 Å². The van der Waals surface area contributed by atoms with Crippen molar-refractivity contribution in [2.75, 3.05) is 13.2 Å². The lowest BCUT2D eigenvalue weighted by molar-refractivity contribution is -0.137. The third kappa shape index (κ3) is 9.68. The van der Waals surface area contributed by atoms with E-state index < -0.39 is 0 Å². The SMILES string of the molecule is C=CC(=O)OCCCCCCCCOc1ccc(-c2ccc(COC3CCCCC3)cc2)nc1. The van der Waals surface area contributed by atoms with E-state index in [9.17, 15) is 4.79 Å². The van der Waals surface area contributed by atoms with Crippen LogP contribution in [-0.2, 0) is 20.9 Å². The van der Waals surface area contributed by atoms with E-state index in [1.807, 2.05) is 12.1 Å². The lowest BCUT2D eigenvalue weighted by Crippen LogP contribution is -2.16. The third-order valence-electron chi connectivity index (χ3n) is 6.24. The summed E-state index contributed by atoms with van der Waals surface area (Å²) in [6.07, 6.45) is 16.2. The number of esters is 1. The smallest absolute Gasteiger partial charge is 0.330 e. The first-order chi connectivity index (χ1) is 16.7. The van der Waals surface area contributed by atoms with Crippen LogP contribution in [0, 0.1) is 0 Å². The molecule has 2 aromatic rings. The molecule has 0 bridgehead atoms. The van der Waals surface area contributed by atoms with Gasteiger partial charge in [-0.05, 0) is 43.4 Å². The minimum Gasteiger partial charge on any atom is -0.492 e. The maximum Gasteiger partial charge on any atom is 0.330 e. The number of nitrogens with zero attached hydrogens (tertiary/aromatic N) is 1. The van der Waals surface area contributed by atoms with Crippen molar-refractivity contribution in [1.29, 1.82) is 0 Å². The Morgan fingerprint density at radius 3 is 2.29 bits per heavy atom. The number of benzene rings is 1. The number of hydrogen-bond donors (Lipinski definition) is 0. The van der Waals surface area contributed by atoms with E-state index in [2.05, 4.69) is 35.8 Å². The second-order valence-corrected chi connectivity index (χ2v) is 8.99. The number of unbranched alkanes of at least 4 members (excludes halogenated alkanes) is 5. The van der Waals surface area contributed by atoms with Crippen LogP contribution in [0.25, 0.3) is 11.3 Å². The molecule has 5 nitrogen and oxygen atoms in total. The summed E-state index contributed by atoms with van der Waals surface area (Å²) in [6.45, 7) is 5.26. The molecule has 0 N–H and O–H groups in total. The average molecular weight is 466 g/mol. The second-order valence-electron chi connectivity index (χ2n) is 8.99. The van der Waals surface area contributed by atoms with E-state index in [4.69, 9.17) is 14.2 Å². The largest absolute Gasteiger partial charge is 0.492 e. The number of ether oxygens (including phenoxy) is 3. The van der Waals surface area contributed by atoms with Gasteiger partial charge in [0.15, 0.2) is 0 Å². The van der Waals surface area contributed by atoms with Crippen LogP contribution in [-0.4, -0.2) is 30.3 Å². The predicted molar refractivity (Wildman–Crippen MR) is 136 cm³/mol. The molecule has 1 fully saturated rings. The molecule has 0 spiro atoms. The van der Waals surface area contributed by atoms with Gasteiger partial charge in [-0.3, -0.25) is 4.98 Å². The number of pyridine rings is 1. The molecule has 0 atom stereocenters. The van der Waals surface area contributed by atoms with Gasteiger partial charge in [-0.25, -0.2) is 4.79 Å². The highest BCUT2D eigenvalue weighted by Gasteiger charge is 2.13. The van der Waals surface area contributed by atoms with Crippen molar-refractivity contribution in [2.45, 2.75) is 83.3 Å². The lowest BCUT2D eigenvalue weighted by atomic mass is 9.98. The van der Waals surface area contributed by atoms with E-state index >= 15 is 0 Å². The molecule has 1 aliphatic carbocycles. The Bertz CT molecular complexity index is 841. The fourth-order valence-corrected chi connectivity index (χ4v) is 4.19. The zero-order chi connectivity index (χ0) is 23.8. The topological polar surface area (TPSA) is 57.7 Å². The van der Waals surface area contributed by atoms with Gasteiger partial charge >= 0.3 is 5.97 Å². The molecule has 184 valence electrons. The summed E-state index contributed by atoms with van der Waals surface area (Å²) >= 11 is 0. The van der Waals surface area contributed by atoms with Gasteiger partial charge in [0.05, 0.1) is 37.8 Å². The van der Waals surface area contributed by atoms with Crippen LogP contribution < -0.4 is 4.74 Å². The molecule has 1 aliphatic rings. The predicted octanol–water partition coefficient (Wildman–Crippen LogP) is 7.05. The monoisotopic (exact) mass is 465 g/mol. The molecule has 0 radical (unpaired) electrons. The molecule has 0 saturated heterocycles. The van der Waals surface area contributed by atoms with Crippen LogP contribution in [0.5, 0.6) is 5.75 Å². The summed E-state index contributed by atoms with van der Waals surface area (Å²) in [5.41, 5.74) is 3.27. The normalized spacial score (nSPS) is 14.0. The van der Waals surface area contributed by atoms with E-state index in [0.29, 0.717) is 25.9 Å². The standard InChI is InChI=1S/C29H39NO4/c1-2-29(31)33-21-11-6-4-3-5-10-20-32-27-18-19-28(30-22-27)25-16-14-24(15-17-25)23-34-26-12-8-7-9-13-26/h2,14-19,22,26H,1,3-13,20-21,23H2. The van der Waals surface area contributed by atoms with Crippen molar-refractivity contribution in [2.24, 2.45) is 0 Å². The lowest BCUT2D eigenvalue weighted by Gasteiger charge is -2.22. The highest BCUT2D eigenvalue weighted by Crippen LogP contribution is 2.23. The van der Waals surface area contributed by atoms with Gasteiger partial charge in [0, 0.05) is 11.6 Å². The first-order valence-electron chi connectivity index (χ1n) is 12.8. The fraction of sp³-hybridized carbons (Fsp3) is 0.517. The molecule has 0 amide bonds. The maximum atomic E-state index is 10.9. The van der Waals surface area contributed by atoms with Gasteiger partial charge < -0.3 is 14.2 Å². The summed E-state index contributed by atoms with van der Waals surface area (Å²) in [5, 5.41) is 0. The Balaban J connectivity index is 1.27. The van der Waals surface area contributed by atoms with Crippen molar-refractivity contribution in [3.05, 3.63) is 60.8 Å². The molecule has 3 rings (SSSR count). The summed E-state index contributed by atoms with van der Waals surface area (Å²) in [4.78, 5) is 15.5. The second kappa shape index (κ2) is 15.3. The van der Waals surface area contributed by atoms with Crippen LogP contribution in [0.3, 0.4) is 0 Å². The number of hydrogen-bond acceptors (Lipinski definition) is 5. The first kappa shape index (κ1) is 26.0. The van der Waals surface area contributed by atoms with Crippen LogP contribution >= 0.6 is 0 Å². The van der Waals surface area contributed by atoms with Crippen molar-refractivity contribution < 1.29 is 19.0 Å². The molecule has 0 unspecified atom stereocenters. The van der Waals surface area contributed by atoms with Crippen LogP contribution in [0.4, 0.5) is 0 Å². The van der Waals surface area contributed by atoms with Crippen LogP contribution in [0.2, 0.25) is 0 Å². The Kier molecular flexibility index (Phi) is 11.7. The van der Waals surface area contributed by atoms with Crippen molar-refractivity contribution >= 4 is 5.97 Å². The number of carbonyl (C=O) groups excluding carboxylic acids is 1. The maximum absolute atomic E-state index is 10.9. The molecule has 1 aromatic heterocycles. The Hall–Kier alpha value is -2.66. The van der Waals surface area contributed by atoms with Gasteiger partial charge in [-0.1, -0.05) is 75.8 Å². The Morgan fingerprint density at radius 1 is 0.912 bits per heavy atom. The average Bonchev–Trinajstić information content (AvgIpc) is 2.89. The number of carbonyl (C=O) groups is 1. The summed E-state index contributed by atoms with van der Waals surface area (Å²) in [6, 6.07) is 12.5. The van der Waals surface area contributed by atoms with Gasteiger partial charge in [-0.2, -0.15) is 0 Å². The zero-order valence-corrected chi connectivity index (χ0v) is 20.4. The van der Waals surface area contributed by atoms with Gasteiger partial charge in [0.2, 0.25) is 0 Å². The zero-order valence-electron chi connectivity index (χ0n) is 20.4. The quantitative estimate of drug-likeness (QED) is 0.160. The highest BCUT2D eigenvalue weighted by molar-refractivity contribution is 5.81. The molecule has 1 aromatic carbocycles. The third-order valence-corrected chi connectivity index (χ3v) is 6.24. The van der Waals surface area contributed by atoms with E-state index in [1.165, 1.54) is 43.7 Å². The highest BCUT2D eigenvalue weighted by atomic mass is 16.5. The van der Waals surface area contributed by atoms with Gasteiger partial charge in [-0.15, -0.1) is 0 Å². The summed E-state index contributed by atoms with van der Waals surface area (Å²) < 4.78 is 16.9. The molecule has 1 saturated carbocycles. The Labute approximate surface area is 204 Å². The fourth-order valence-electron chi connectivity index (χ4n) is 4.19. The molecule has 5 heteroatoms. The van der Waals surface area contributed by atoms with Gasteiger partial charge in [0.25, 0.3) is 0 Å². The molecular weight excluding hydrogens is 426 g/mol. The Morgan fingerprint density at radius 2 is 1.62 bits per heavy atom. The van der Waals surface area contributed by atoms with Crippen molar-refractivity contribution in [3.63, 3.8) is 0 Å². The van der Waals surface area contributed by atoms with Crippen LogP contribution in [0.15, 0.2) is 55.3 Å². The minimum absolute atomic E-state index is 0.340. The van der Waals surface area contributed by atoms with Crippen LogP contribution in [0.1, 0.15) is 76.2 Å². The van der Waals surface area contributed by atoms with Crippen molar-refractivity contribution in [3.8, 4) is 17.0 Å². The molecule has 34 heavy (non-hydrogen) atoms. The molecule has 0 aliphatic heterocycles. The molecular formula is C29H39NO4. The first-order valence-corrected chi connectivity index (χ1v) is 12.8. The minimum atomic E-state index is -0.340. The summed E-state index contributed by atoms with van der Waals surface area (Å²) in [7, 11) is 0. The van der Waals surface area contributed by atoms with E-state index in [1.54, 1.807) is 6.20 Å². The number of rotatable bonds is 15. The van der Waals surface area contributed by atoms with E-state index in [0.717, 1.165) is 55.5 Å². The van der Waals surface area contributed by atoms with Crippen molar-refractivity contribution in [1.82, 2.24) is 4.98 Å². The number of aromatic nitrogens is 1. The van der Waals surface area contributed by atoms with E-state index in [-0.39, 0.29) is 5.97 Å². The molecule has 1 heterocycles.